The van der Waals surface area contributed by atoms with E-state index in [0.29, 0.717) is 13.1 Å². The van der Waals surface area contributed by atoms with Crippen molar-refractivity contribution in [3.8, 4) is 5.69 Å². The predicted octanol–water partition coefficient (Wildman–Crippen LogP) is 1.80. The van der Waals surface area contributed by atoms with Crippen molar-refractivity contribution < 1.29 is 14.3 Å². The lowest BCUT2D eigenvalue weighted by Gasteiger charge is -2.22. The fourth-order valence-corrected chi connectivity index (χ4v) is 2.76. The maximum Gasteiger partial charge on any atom is 0.307 e. The summed E-state index contributed by atoms with van der Waals surface area (Å²) in [5, 5.41) is 11.1. The van der Waals surface area contributed by atoms with Crippen LogP contribution in [0.15, 0.2) is 60.9 Å². The highest BCUT2D eigenvalue weighted by Gasteiger charge is 2.16. The SMILES string of the molecule is COC(=O)CCN(Cc1ccccc1)C(=O)Cc1ccc(-n2cnnn2)cc1. The highest BCUT2D eigenvalue weighted by atomic mass is 16.5. The summed E-state index contributed by atoms with van der Waals surface area (Å²) in [5.41, 5.74) is 2.70. The Morgan fingerprint density at radius 3 is 2.43 bits per heavy atom. The van der Waals surface area contributed by atoms with Crippen LogP contribution in [-0.2, 0) is 27.3 Å². The van der Waals surface area contributed by atoms with Crippen LogP contribution in [0.2, 0.25) is 0 Å². The number of carbonyl (C=O) groups is 2. The molecule has 1 aromatic heterocycles. The second-order valence-electron chi connectivity index (χ2n) is 6.22. The molecular weight excluding hydrogens is 358 g/mol. The van der Waals surface area contributed by atoms with Gasteiger partial charge in [0.1, 0.15) is 6.33 Å². The van der Waals surface area contributed by atoms with Gasteiger partial charge < -0.3 is 9.64 Å². The smallest absolute Gasteiger partial charge is 0.307 e. The van der Waals surface area contributed by atoms with E-state index in [1.54, 1.807) is 9.58 Å². The van der Waals surface area contributed by atoms with Gasteiger partial charge in [-0.05, 0) is 33.7 Å². The van der Waals surface area contributed by atoms with E-state index in [1.165, 1.54) is 13.4 Å². The first-order valence-corrected chi connectivity index (χ1v) is 8.86. The number of rotatable bonds is 8. The molecule has 0 saturated carbocycles. The molecular formula is C20H21N5O3. The predicted molar refractivity (Wildman–Crippen MR) is 101 cm³/mol. The zero-order chi connectivity index (χ0) is 19.8. The molecule has 144 valence electrons. The van der Waals surface area contributed by atoms with Gasteiger partial charge in [-0.15, -0.1) is 5.10 Å². The van der Waals surface area contributed by atoms with Gasteiger partial charge in [0.05, 0.1) is 25.6 Å². The Balaban J connectivity index is 1.68. The summed E-state index contributed by atoms with van der Waals surface area (Å²) in [4.78, 5) is 26.1. The molecule has 0 aliphatic heterocycles. The van der Waals surface area contributed by atoms with Crippen molar-refractivity contribution in [2.24, 2.45) is 0 Å². The second-order valence-corrected chi connectivity index (χ2v) is 6.22. The molecule has 3 rings (SSSR count). The second kappa shape index (κ2) is 9.40. The van der Waals surface area contributed by atoms with Gasteiger partial charge in [-0.3, -0.25) is 9.59 Å². The van der Waals surface area contributed by atoms with Gasteiger partial charge in [-0.1, -0.05) is 42.5 Å². The van der Waals surface area contributed by atoms with E-state index in [4.69, 9.17) is 4.74 Å². The molecule has 0 N–H and O–H groups in total. The summed E-state index contributed by atoms with van der Waals surface area (Å²) in [7, 11) is 1.35. The average Bonchev–Trinajstić information content (AvgIpc) is 3.27. The number of esters is 1. The Bertz CT molecular complexity index is 895. The number of ether oxygens (including phenoxy) is 1. The van der Waals surface area contributed by atoms with Crippen molar-refractivity contribution in [2.45, 2.75) is 19.4 Å². The van der Waals surface area contributed by atoms with Crippen molar-refractivity contribution in [1.82, 2.24) is 25.1 Å². The summed E-state index contributed by atoms with van der Waals surface area (Å²) in [6.07, 6.45) is 1.91. The Morgan fingerprint density at radius 2 is 1.79 bits per heavy atom. The number of benzene rings is 2. The van der Waals surface area contributed by atoms with Gasteiger partial charge in [-0.25, -0.2) is 4.68 Å². The standard InChI is InChI=1S/C20H21N5O3/c1-28-20(27)11-12-24(14-17-5-3-2-4-6-17)19(26)13-16-7-9-18(10-8-16)25-15-21-22-23-25/h2-10,15H,11-14H2,1H3. The van der Waals surface area contributed by atoms with Gasteiger partial charge in [0.15, 0.2) is 0 Å². The lowest BCUT2D eigenvalue weighted by atomic mass is 10.1. The van der Waals surface area contributed by atoms with Crippen LogP contribution in [0.3, 0.4) is 0 Å². The van der Waals surface area contributed by atoms with Crippen molar-refractivity contribution in [2.75, 3.05) is 13.7 Å². The van der Waals surface area contributed by atoms with Gasteiger partial charge in [-0.2, -0.15) is 0 Å². The number of nitrogens with zero attached hydrogens (tertiary/aromatic N) is 5. The number of carbonyl (C=O) groups excluding carboxylic acids is 2. The zero-order valence-electron chi connectivity index (χ0n) is 15.6. The highest BCUT2D eigenvalue weighted by molar-refractivity contribution is 5.79. The third-order valence-electron chi connectivity index (χ3n) is 4.29. The van der Waals surface area contributed by atoms with Crippen LogP contribution < -0.4 is 0 Å². The van der Waals surface area contributed by atoms with E-state index in [-0.39, 0.29) is 24.7 Å². The lowest BCUT2D eigenvalue weighted by Crippen LogP contribution is -2.34. The Morgan fingerprint density at radius 1 is 1.04 bits per heavy atom. The molecule has 0 bridgehead atoms. The van der Waals surface area contributed by atoms with Gasteiger partial charge in [0.25, 0.3) is 0 Å². The minimum atomic E-state index is -0.336. The molecule has 3 aromatic rings. The van der Waals surface area contributed by atoms with Crippen molar-refractivity contribution >= 4 is 11.9 Å². The van der Waals surface area contributed by atoms with Crippen LogP contribution in [-0.4, -0.2) is 50.6 Å². The largest absolute Gasteiger partial charge is 0.469 e. The maximum atomic E-state index is 12.9. The Kier molecular flexibility index (Phi) is 6.46. The molecule has 0 fully saturated rings. The summed E-state index contributed by atoms with van der Waals surface area (Å²) < 4.78 is 6.25. The topological polar surface area (TPSA) is 90.2 Å². The molecule has 0 spiro atoms. The molecule has 0 atom stereocenters. The van der Waals surface area contributed by atoms with Crippen LogP contribution in [0, 0.1) is 0 Å². The fourth-order valence-electron chi connectivity index (χ4n) is 2.76. The Labute approximate surface area is 162 Å². The normalized spacial score (nSPS) is 10.5. The van der Waals surface area contributed by atoms with E-state index < -0.39 is 0 Å². The molecule has 2 aromatic carbocycles. The number of tetrazole rings is 1. The fraction of sp³-hybridized carbons (Fsp3) is 0.250. The van der Waals surface area contributed by atoms with Crippen molar-refractivity contribution in [1.29, 1.82) is 0 Å². The molecule has 8 heteroatoms. The number of amides is 1. The van der Waals surface area contributed by atoms with E-state index >= 15 is 0 Å². The molecule has 8 nitrogen and oxygen atoms in total. The summed E-state index contributed by atoms with van der Waals surface area (Å²) >= 11 is 0. The van der Waals surface area contributed by atoms with E-state index in [2.05, 4.69) is 15.5 Å². The van der Waals surface area contributed by atoms with E-state index in [9.17, 15) is 9.59 Å². The van der Waals surface area contributed by atoms with Crippen LogP contribution in [0.25, 0.3) is 5.69 Å². The van der Waals surface area contributed by atoms with Crippen molar-refractivity contribution in [3.05, 3.63) is 72.1 Å². The summed E-state index contributed by atoms with van der Waals surface area (Å²) in [5.74, 6) is -0.389. The average molecular weight is 379 g/mol. The molecule has 1 heterocycles. The van der Waals surface area contributed by atoms with Crippen LogP contribution in [0.1, 0.15) is 17.5 Å². The Hall–Kier alpha value is -3.55. The first-order chi connectivity index (χ1) is 13.7. The molecule has 0 aliphatic carbocycles. The summed E-state index contributed by atoms with van der Waals surface area (Å²) in [6.45, 7) is 0.752. The minimum absolute atomic E-state index is 0.0528. The van der Waals surface area contributed by atoms with Crippen LogP contribution in [0.4, 0.5) is 0 Å². The highest BCUT2D eigenvalue weighted by Crippen LogP contribution is 2.12. The quantitative estimate of drug-likeness (QED) is 0.555. The molecule has 28 heavy (non-hydrogen) atoms. The maximum absolute atomic E-state index is 12.9. The third-order valence-corrected chi connectivity index (χ3v) is 4.29. The van der Waals surface area contributed by atoms with Crippen LogP contribution in [0.5, 0.6) is 0 Å². The molecule has 0 unspecified atom stereocenters. The molecule has 1 amide bonds. The first kappa shape index (κ1) is 19.2. The number of aromatic nitrogens is 4. The molecule has 0 aliphatic rings. The minimum Gasteiger partial charge on any atom is -0.469 e. The van der Waals surface area contributed by atoms with Gasteiger partial charge >= 0.3 is 5.97 Å². The first-order valence-electron chi connectivity index (χ1n) is 8.86. The summed E-state index contributed by atoms with van der Waals surface area (Å²) in [6, 6.07) is 17.1. The van der Waals surface area contributed by atoms with Gasteiger partial charge in [0, 0.05) is 13.1 Å². The van der Waals surface area contributed by atoms with Crippen molar-refractivity contribution in [3.63, 3.8) is 0 Å². The number of hydrogen-bond acceptors (Lipinski definition) is 6. The van der Waals surface area contributed by atoms with Crippen LogP contribution >= 0.6 is 0 Å². The van der Waals surface area contributed by atoms with Gasteiger partial charge in [0.2, 0.25) is 5.91 Å². The van der Waals surface area contributed by atoms with E-state index in [0.717, 1.165) is 16.8 Å². The number of methoxy groups -OCH3 is 1. The number of hydrogen-bond donors (Lipinski definition) is 0. The van der Waals surface area contributed by atoms with E-state index in [1.807, 2.05) is 54.6 Å². The lowest BCUT2D eigenvalue weighted by molar-refractivity contribution is -0.141. The monoisotopic (exact) mass is 379 g/mol. The molecule has 0 saturated heterocycles. The molecule has 0 radical (unpaired) electrons. The third kappa shape index (κ3) is 5.23. The zero-order valence-corrected chi connectivity index (χ0v) is 15.6.